The standard InChI is InChI=1S/C12H19N5O6S/c1-15-4-7(5-15)11(18)14-10(13)9-3-2-8-6-16(9)12(19)17(8)23-24(20,21)22/h7-9H,2-6H2,1H3,(H2,13,14,18)(H,20,21,22). The number of amides is 3. The Bertz CT molecular complexity index is 675. The molecule has 0 saturated carbocycles. The van der Waals surface area contributed by atoms with Gasteiger partial charge in [-0.05, 0) is 19.9 Å². The van der Waals surface area contributed by atoms with E-state index in [-0.39, 0.29) is 24.2 Å². The lowest BCUT2D eigenvalue weighted by Gasteiger charge is -2.36. The summed E-state index contributed by atoms with van der Waals surface area (Å²) in [5.41, 5.74) is 0. The van der Waals surface area contributed by atoms with Gasteiger partial charge in [0.1, 0.15) is 5.84 Å². The molecule has 3 N–H and O–H groups in total. The highest BCUT2D eigenvalue weighted by Crippen LogP contribution is 2.30. The fourth-order valence-electron chi connectivity index (χ4n) is 3.31. The molecule has 3 aliphatic heterocycles. The molecule has 3 rings (SSSR count). The Morgan fingerprint density at radius 3 is 2.58 bits per heavy atom. The molecule has 0 aromatic rings. The van der Waals surface area contributed by atoms with E-state index in [0.717, 1.165) is 0 Å². The van der Waals surface area contributed by atoms with Crippen LogP contribution in [-0.2, 0) is 19.5 Å². The van der Waals surface area contributed by atoms with Gasteiger partial charge in [0.25, 0.3) is 0 Å². The summed E-state index contributed by atoms with van der Waals surface area (Å²) in [6.45, 7) is 1.43. The summed E-state index contributed by atoms with van der Waals surface area (Å²) in [5.74, 6) is -0.506. The van der Waals surface area contributed by atoms with Crippen molar-refractivity contribution in [2.45, 2.75) is 24.9 Å². The van der Waals surface area contributed by atoms with Crippen LogP contribution >= 0.6 is 0 Å². The first kappa shape index (κ1) is 17.1. The lowest BCUT2D eigenvalue weighted by Crippen LogP contribution is -2.56. The van der Waals surface area contributed by atoms with Gasteiger partial charge in [-0.1, -0.05) is 0 Å². The SMILES string of the molecule is CN1CC(C(=O)NC(=N)C2CCC3CN2C(=O)N3OS(=O)(=O)O)C1. The van der Waals surface area contributed by atoms with Crippen LogP contribution in [0.4, 0.5) is 4.79 Å². The summed E-state index contributed by atoms with van der Waals surface area (Å²) >= 11 is 0. The van der Waals surface area contributed by atoms with Crippen LogP contribution in [0.2, 0.25) is 0 Å². The van der Waals surface area contributed by atoms with Gasteiger partial charge in [-0.25, -0.2) is 4.79 Å². The molecule has 2 unspecified atom stereocenters. The van der Waals surface area contributed by atoms with E-state index in [1.54, 1.807) is 0 Å². The molecule has 12 heteroatoms. The maximum Gasteiger partial charge on any atom is 0.418 e. The highest BCUT2D eigenvalue weighted by Gasteiger charge is 2.48. The second kappa shape index (κ2) is 5.95. The third-order valence-electron chi connectivity index (χ3n) is 4.52. The maximum atomic E-state index is 12.2. The predicted octanol–water partition coefficient (Wildman–Crippen LogP) is -1.36. The van der Waals surface area contributed by atoms with E-state index in [1.807, 2.05) is 11.9 Å². The predicted molar refractivity (Wildman–Crippen MR) is 80.2 cm³/mol. The summed E-state index contributed by atoms with van der Waals surface area (Å²) in [7, 11) is -2.91. The van der Waals surface area contributed by atoms with Gasteiger partial charge in [0.2, 0.25) is 5.91 Å². The van der Waals surface area contributed by atoms with Crippen LogP contribution in [0.15, 0.2) is 0 Å². The molecule has 0 radical (unpaired) electrons. The summed E-state index contributed by atoms with van der Waals surface area (Å²) in [6.07, 6.45) is 0.790. The number of carbonyl (C=O) groups is 2. The van der Waals surface area contributed by atoms with Crippen LogP contribution in [-0.4, -0.2) is 84.4 Å². The van der Waals surface area contributed by atoms with E-state index in [9.17, 15) is 18.0 Å². The first-order chi connectivity index (χ1) is 11.2. The van der Waals surface area contributed by atoms with Crippen LogP contribution in [0.25, 0.3) is 0 Å². The molecular formula is C12H19N5O6S. The van der Waals surface area contributed by atoms with Crippen molar-refractivity contribution in [2.75, 3.05) is 26.7 Å². The molecule has 134 valence electrons. The second-order valence-corrected chi connectivity index (χ2v) is 7.34. The van der Waals surface area contributed by atoms with Crippen molar-refractivity contribution in [3.8, 4) is 0 Å². The molecule has 2 atom stereocenters. The monoisotopic (exact) mass is 361 g/mol. The molecule has 3 heterocycles. The van der Waals surface area contributed by atoms with Crippen molar-refractivity contribution >= 4 is 28.2 Å². The van der Waals surface area contributed by atoms with Gasteiger partial charge in [0.15, 0.2) is 0 Å². The lowest BCUT2D eigenvalue weighted by molar-refractivity contribution is -0.128. The third kappa shape index (κ3) is 3.22. The van der Waals surface area contributed by atoms with Gasteiger partial charge in [0.05, 0.1) is 18.0 Å². The Labute approximate surface area is 138 Å². The first-order valence-corrected chi connectivity index (χ1v) is 8.87. The summed E-state index contributed by atoms with van der Waals surface area (Å²) in [5, 5.41) is 11.2. The van der Waals surface area contributed by atoms with Crippen molar-refractivity contribution in [3.05, 3.63) is 0 Å². The second-order valence-electron chi connectivity index (χ2n) is 6.33. The van der Waals surface area contributed by atoms with E-state index in [2.05, 4.69) is 9.60 Å². The number of amidine groups is 1. The Balaban J connectivity index is 1.63. The van der Waals surface area contributed by atoms with E-state index in [4.69, 9.17) is 9.96 Å². The average molecular weight is 361 g/mol. The number of carbonyl (C=O) groups excluding carboxylic acids is 2. The molecule has 3 aliphatic rings. The normalized spacial score (nSPS) is 28.0. The number of piperidine rings is 1. The Kier molecular flexibility index (Phi) is 4.23. The summed E-state index contributed by atoms with van der Waals surface area (Å²) in [4.78, 5) is 27.5. The van der Waals surface area contributed by atoms with E-state index >= 15 is 0 Å². The Hall–Kier alpha value is -1.76. The highest BCUT2D eigenvalue weighted by molar-refractivity contribution is 7.80. The number of hydrogen-bond acceptors (Lipinski definition) is 7. The number of hydrogen-bond donors (Lipinski definition) is 3. The van der Waals surface area contributed by atoms with Crippen LogP contribution in [0.1, 0.15) is 12.8 Å². The number of likely N-dealkylation sites (tertiary alicyclic amines) is 1. The number of nitrogens with one attached hydrogen (secondary N) is 2. The van der Waals surface area contributed by atoms with Gasteiger partial charge < -0.3 is 15.1 Å². The third-order valence-corrected chi connectivity index (χ3v) is 4.87. The van der Waals surface area contributed by atoms with Crippen molar-refractivity contribution in [1.82, 2.24) is 20.2 Å². The molecule has 0 aliphatic carbocycles. The minimum atomic E-state index is -4.80. The molecule has 11 nitrogen and oxygen atoms in total. The van der Waals surface area contributed by atoms with Crippen LogP contribution in [0.5, 0.6) is 0 Å². The van der Waals surface area contributed by atoms with Crippen molar-refractivity contribution in [3.63, 3.8) is 0 Å². The molecule has 0 aromatic heterocycles. The largest absolute Gasteiger partial charge is 0.418 e. The fourth-order valence-corrected chi connectivity index (χ4v) is 3.70. The van der Waals surface area contributed by atoms with Crippen LogP contribution in [0.3, 0.4) is 0 Å². The number of urea groups is 1. The zero-order valence-electron chi connectivity index (χ0n) is 13.0. The van der Waals surface area contributed by atoms with Gasteiger partial charge in [-0.2, -0.15) is 13.5 Å². The van der Waals surface area contributed by atoms with Crippen LogP contribution < -0.4 is 5.32 Å². The zero-order chi connectivity index (χ0) is 17.6. The van der Waals surface area contributed by atoms with E-state index < -0.39 is 28.5 Å². The number of nitrogens with zero attached hydrogens (tertiary/aromatic N) is 3. The highest BCUT2D eigenvalue weighted by atomic mass is 32.3. The summed E-state index contributed by atoms with van der Waals surface area (Å²) < 4.78 is 34.8. The molecule has 24 heavy (non-hydrogen) atoms. The molecule has 0 spiro atoms. The number of hydroxylamine groups is 2. The van der Waals surface area contributed by atoms with Gasteiger partial charge in [0, 0.05) is 19.6 Å². The molecule has 0 aromatic carbocycles. The van der Waals surface area contributed by atoms with Gasteiger partial charge >= 0.3 is 16.4 Å². The average Bonchev–Trinajstić information content (AvgIpc) is 2.67. The van der Waals surface area contributed by atoms with Crippen molar-refractivity contribution < 1.29 is 26.8 Å². The molecule has 3 saturated heterocycles. The van der Waals surface area contributed by atoms with E-state index in [0.29, 0.717) is 31.0 Å². The number of rotatable bonds is 4. The van der Waals surface area contributed by atoms with Crippen LogP contribution in [0, 0.1) is 11.3 Å². The number of fused-ring (bicyclic) bond motifs is 2. The molecule has 2 bridgehead atoms. The fraction of sp³-hybridized carbons (Fsp3) is 0.750. The van der Waals surface area contributed by atoms with Crippen molar-refractivity contribution in [2.24, 2.45) is 5.92 Å². The minimum Gasteiger partial charge on any atom is -0.313 e. The Morgan fingerprint density at radius 1 is 1.33 bits per heavy atom. The maximum absolute atomic E-state index is 12.2. The molecular weight excluding hydrogens is 342 g/mol. The van der Waals surface area contributed by atoms with Gasteiger partial charge in [-0.3, -0.25) is 14.8 Å². The molecule has 3 amide bonds. The van der Waals surface area contributed by atoms with Crippen molar-refractivity contribution in [1.29, 1.82) is 5.41 Å². The smallest absolute Gasteiger partial charge is 0.313 e. The molecule has 3 fully saturated rings. The zero-order valence-corrected chi connectivity index (χ0v) is 13.8. The van der Waals surface area contributed by atoms with E-state index in [1.165, 1.54) is 4.90 Å². The quantitative estimate of drug-likeness (QED) is 0.319. The topological polar surface area (TPSA) is 143 Å². The first-order valence-electron chi connectivity index (χ1n) is 7.50. The Morgan fingerprint density at radius 2 is 2.00 bits per heavy atom. The lowest BCUT2D eigenvalue weighted by atomic mass is 9.98. The summed E-state index contributed by atoms with van der Waals surface area (Å²) in [6, 6.07) is -1.91. The van der Waals surface area contributed by atoms with Gasteiger partial charge in [-0.15, -0.1) is 4.28 Å². The minimum absolute atomic E-state index is 0.0879.